The molecule has 1 fully saturated rings. The third-order valence-electron chi connectivity index (χ3n) is 4.55. The number of benzene rings is 1. The van der Waals surface area contributed by atoms with Crippen molar-refractivity contribution >= 4 is 5.69 Å². The van der Waals surface area contributed by atoms with E-state index in [1.54, 1.807) is 0 Å². The first-order valence-electron chi connectivity index (χ1n) is 8.27. The minimum absolute atomic E-state index is 0.281. The van der Waals surface area contributed by atoms with Crippen LogP contribution in [0.1, 0.15) is 37.3 Å². The fourth-order valence-electron chi connectivity index (χ4n) is 3.38. The molecular formula is C18H31N3. The van der Waals surface area contributed by atoms with E-state index >= 15 is 0 Å². The Morgan fingerprint density at radius 1 is 1.38 bits per heavy atom. The second-order valence-corrected chi connectivity index (χ2v) is 6.74. The topological polar surface area (TPSA) is 32.5 Å². The summed E-state index contributed by atoms with van der Waals surface area (Å²) in [5, 5.41) is 0. The number of rotatable bonds is 6. The van der Waals surface area contributed by atoms with Crippen molar-refractivity contribution in [2.24, 2.45) is 5.73 Å². The minimum Gasteiger partial charge on any atom is -0.367 e. The number of hydrogen-bond donors (Lipinski definition) is 1. The average molecular weight is 289 g/mol. The van der Waals surface area contributed by atoms with Crippen LogP contribution in [0.15, 0.2) is 18.2 Å². The van der Waals surface area contributed by atoms with Crippen molar-refractivity contribution in [3.8, 4) is 0 Å². The molecular weight excluding hydrogens is 258 g/mol. The van der Waals surface area contributed by atoms with E-state index in [2.05, 4.69) is 55.9 Å². The Morgan fingerprint density at radius 2 is 2.14 bits per heavy atom. The molecule has 0 aromatic heterocycles. The van der Waals surface area contributed by atoms with Gasteiger partial charge in [0.25, 0.3) is 0 Å². The van der Waals surface area contributed by atoms with Crippen LogP contribution in [-0.2, 0) is 6.42 Å². The second kappa shape index (κ2) is 7.28. The summed E-state index contributed by atoms with van der Waals surface area (Å²) in [5.41, 5.74) is 10.2. The molecule has 0 bridgehead atoms. The lowest BCUT2D eigenvalue weighted by molar-refractivity contribution is 0.372. The highest BCUT2D eigenvalue weighted by molar-refractivity contribution is 5.56. The number of anilines is 1. The molecule has 2 unspecified atom stereocenters. The van der Waals surface area contributed by atoms with Crippen LogP contribution in [0.4, 0.5) is 5.69 Å². The molecule has 1 aliphatic rings. The van der Waals surface area contributed by atoms with Gasteiger partial charge in [-0.05, 0) is 63.9 Å². The summed E-state index contributed by atoms with van der Waals surface area (Å²) in [6.07, 6.45) is 4.64. The van der Waals surface area contributed by atoms with Gasteiger partial charge in [0.2, 0.25) is 0 Å². The molecule has 0 radical (unpaired) electrons. The van der Waals surface area contributed by atoms with Crippen molar-refractivity contribution in [3.63, 3.8) is 0 Å². The summed E-state index contributed by atoms with van der Waals surface area (Å²) < 4.78 is 0. The third-order valence-corrected chi connectivity index (χ3v) is 4.55. The average Bonchev–Trinajstić information content (AvgIpc) is 2.86. The minimum atomic E-state index is 0.281. The predicted octanol–water partition coefficient (Wildman–Crippen LogP) is 2.81. The lowest BCUT2D eigenvalue weighted by Crippen LogP contribution is -2.37. The molecule has 3 heteroatoms. The van der Waals surface area contributed by atoms with Crippen LogP contribution in [0.25, 0.3) is 0 Å². The Hall–Kier alpha value is -1.06. The van der Waals surface area contributed by atoms with Gasteiger partial charge in [-0.3, -0.25) is 0 Å². The van der Waals surface area contributed by atoms with Crippen molar-refractivity contribution < 1.29 is 0 Å². The van der Waals surface area contributed by atoms with Crippen LogP contribution in [0.2, 0.25) is 0 Å². The number of aryl methyl sites for hydroxylation is 1. The summed E-state index contributed by atoms with van der Waals surface area (Å²) in [5.74, 6) is 0. The maximum Gasteiger partial charge on any atom is 0.0417 e. The molecule has 2 N–H and O–H groups in total. The first-order chi connectivity index (χ1) is 10.0. The molecule has 1 heterocycles. The van der Waals surface area contributed by atoms with E-state index < -0.39 is 0 Å². The summed E-state index contributed by atoms with van der Waals surface area (Å²) in [7, 11) is 4.33. The first-order valence-corrected chi connectivity index (χ1v) is 8.27. The Bertz CT molecular complexity index is 456. The van der Waals surface area contributed by atoms with Gasteiger partial charge in [-0.1, -0.05) is 19.1 Å². The maximum atomic E-state index is 6.08. The fraction of sp³-hybridized carbons (Fsp3) is 0.667. The standard InChI is InChI=1S/C18H31N3/c1-5-16(19)12-15-8-9-18(14(2)11-15)21-10-6-7-17(21)13-20(3)4/h8-9,11,16-17H,5-7,10,12-13,19H2,1-4H3. The zero-order valence-electron chi connectivity index (χ0n) is 14.1. The summed E-state index contributed by atoms with van der Waals surface area (Å²) in [6.45, 7) is 6.72. The Balaban J connectivity index is 2.12. The smallest absolute Gasteiger partial charge is 0.0417 e. The van der Waals surface area contributed by atoms with Gasteiger partial charge in [-0.15, -0.1) is 0 Å². The molecule has 1 aromatic rings. The molecule has 0 amide bonds. The molecule has 0 spiro atoms. The van der Waals surface area contributed by atoms with Gasteiger partial charge in [0, 0.05) is 30.9 Å². The van der Waals surface area contributed by atoms with Crippen LogP contribution in [0, 0.1) is 6.92 Å². The van der Waals surface area contributed by atoms with Gasteiger partial charge < -0.3 is 15.5 Å². The Labute approximate surface area is 130 Å². The third kappa shape index (κ3) is 4.21. The summed E-state index contributed by atoms with van der Waals surface area (Å²) in [4.78, 5) is 4.89. The highest BCUT2D eigenvalue weighted by atomic mass is 15.2. The Kier molecular flexibility index (Phi) is 5.65. The van der Waals surface area contributed by atoms with E-state index in [1.807, 2.05) is 0 Å². The van der Waals surface area contributed by atoms with Crippen molar-refractivity contribution in [2.75, 3.05) is 32.1 Å². The fourth-order valence-corrected chi connectivity index (χ4v) is 3.38. The van der Waals surface area contributed by atoms with Gasteiger partial charge in [0.15, 0.2) is 0 Å². The zero-order valence-corrected chi connectivity index (χ0v) is 14.1. The van der Waals surface area contributed by atoms with Gasteiger partial charge >= 0.3 is 0 Å². The van der Waals surface area contributed by atoms with Gasteiger partial charge in [0.05, 0.1) is 0 Å². The Morgan fingerprint density at radius 3 is 2.76 bits per heavy atom. The highest BCUT2D eigenvalue weighted by Gasteiger charge is 2.26. The molecule has 1 saturated heterocycles. The number of nitrogens with zero attached hydrogens (tertiary/aromatic N) is 2. The lowest BCUT2D eigenvalue weighted by atomic mass is 10.0. The van der Waals surface area contributed by atoms with E-state index in [4.69, 9.17) is 5.73 Å². The molecule has 0 saturated carbocycles. The molecule has 1 aliphatic heterocycles. The first kappa shape index (κ1) is 16.3. The largest absolute Gasteiger partial charge is 0.367 e. The predicted molar refractivity (Wildman–Crippen MR) is 92.1 cm³/mol. The molecule has 2 rings (SSSR count). The van der Waals surface area contributed by atoms with Crippen molar-refractivity contribution in [1.29, 1.82) is 0 Å². The van der Waals surface area contributed by atoms with Crippen LogP contribution in [0.3, 0.4) is 0 Å². The van der Waals surface area contributed by atoms with Crippen molar-refractivity contribution in [3.05, 3.63) is 29.3 Å². The molecule has 21 heavy (non-hydrogen) atoms. The SMILES string of the molecule is CCC(N)Cc1ccc(N2CCCC2CN(C)C)c(C)c1. The van der Waals surface area contributed by atoms with E-state index in [9.17, 15) is 0 Å². The molecule has 0 aliphatic carbocycles. The molecule has 3 nitrogen and oxygen atoms in total. The summed E-state index contributed by atoms with van der Waals surface area (Å²) in [6, 6.07) is 7.84. The monoisotopic (exact) mass is 289 g/mol. The summed E-state index contributed by atoms with van der Waals surface area (Å²) >= 11 is 0. The van der Waals surface area contributed by atoms with E-state index in [1.165, 1.54) is 36.2 Å². The van der Waals surface area contributed by atoms with Crippen LogP contribution in [0.5, 0.6) is 0 Å². The number of nitrogens with two attached hydrogens (primary N) is 1. The maximum absolute atomic E-state index is 6.08. The van der Waals surface area contributed by atoms with E-state index in [0.29, 0.717) is 6.04 Å². The van der Waals surface area contributed by atoms with E-state index in [-0.39, 0.29) is 6.04 Å². The number of likely N-dealkylation sites (N-methyl/N-ethyl adjacent to an activating group) is 1. The van der Waals surface area contributed by atoms with Crippen molar-refractivity contribution in [1.82, 2.24) is 4.90 Å². The number of hydrogen-bond acceptors (Lipinski definition) is 3. The molecule has 1 aromatic carbocycles. The zero-order chi connectivity index (χ0) is 15.4. The quantitative estimate of drug-likeness (QED) is 0.874. The van der Waals surface area contributed by atoms with Gasteiger partial charge in [0.1, 0.15) is 0 Å². The van der Waals surface area contributed by atoms with Gasteiger partial charge in [-0.2, -0.15) is 0 Å². The van der Waals surface area contributed by atoms with Crippen LogP contribution in [-0.4, -0.2) is 44.2 Å². The molecule has 2 atom stereocenters. The van der Waals surface area contributed by atoms with Crippen LogP contribution < -0.4 is 10.6 Å². The van der Waals surface area contributed by atoms with Gasteiger partial charge in [-0.25, -0.2) is 0 Å². The molecule has 118 valence electrons. The van der Waals surface area contributed by atoms with Crippen molar-refractivity contribution in [2.45, 2.75) is 51.6 Å². The van der Waals surface area contributed by atoms with E-state index in [0.717, 1.165) is 19.4 Å². The highest BCUT2D eigenvalue weighted by Crippen LogP contribution is 2.29. The normalized spacial score (nSPS) is 20.3. The second-order valence-electron chi connectivity index (χ2n) is 6.74. The lowest BCUT2D eigenvalue weighted by Gasteiger charge is -2.30. The van der Waals surface area contributed by atoms with Crippen LogP contribution >= 0.6 is 0 Å².